The average Bonchev–Trinajstić information content (AvgIpc) is 3.34. The molecule has 1 aromatic heterocycles. The molecule has 2 aliphatic heterocycles. The number of nitrogens with one attached hydrogen (secondary N) is 1. The molecule has 0 unspecified atom stereocenters. The second-order valence-electron chi connectivity index (χ2n) is 7.76. The minimum Gasteiger partial charge on any atom is -0.392 e. The monoisotopic (exact) mass is 420 g/mol. The number of nitrogens with zero attached hydrogens (tertiary/aromatic N) is 3. The second kappa shape index (κ2) is 8.35. The van der Waals surface area contributed by atoms with Crippen LogP contribution in [0, 0.1) is 5.82 Å². The van der Waals surface area contributed by atoms with Crippen LogP contribution in [0.4, 0.5) is 14.9 Å². The van der Waals surface area contributed by atoms with Crippen LogP contribution in [0.1, 0.15) is 30.0 Å². The first-order valence-electron chi connectivity index (χ1n) is 9.80. The lowest BCUT2D eigenvalue weighted by Gasteiger charge is -2.37. The summed E-state index contributed by atoms with van der Waals surface area (Å²) in [4.78, 5) is 20.9. The number of likely N-dealkylation sites (tertiary alicyclic amines) is 2. The van der Waals surface area contributed by atoms with Gasteiger partial charge in [0, 0.05) is 37.2 Å². The minimum absolute atomic E-state index is 0.259. The molecule has 156 valence electrons. The lowest BCUT2D eigenvalue weighted by molar-refractivity contribution is -0.0189. The first-order chi connectivity index (χ1) is 13.9. The second-order valence-corrected chi connectivity index (χ2v) is 8.70. The number of urea groups is 1. The molecule has 0 radical (unpaired) electrons. The maximum atomic E-state index is 13.0. The van der Waals surface area contributed by atoms with Crippen molar-refractivity contribution in [2.45, 2.75) is 37.5 Å². The van der Waals surface area contributed by atoms with Gasteiger partial charge in [-0.1, -0.05) is 0 Å². The fraction of sp³-hybridized carbons (Fsp3) is 0.500. The minimum atomic E-state index is -1.04. The number of anilines is 1. The third kappa shape index (κ3) is 4.75. The molecule has 0 saturated carbocycles. The highest BCUT2D eigenvalue weighted by Gasteiger charge is 2.37. The van der Waals surface area contributed by atoms with E-state index in [1.54, 1.807) is 4.90 Å². The van der Waals surface area contributed by atoms with Gasteiger partial charge in [0.1, 0.15) is 16.4 Å². The summed E-state index contributed by atoms with van der Waals surface area (Å²) in [5.74, 6) is -0.352. The van der Waals surface area contributed by atoms with Crippen LogP contribution in [0.3, 0.4) is 0 Å². The van der Waals surface area contributed by atoms with Crippen LogP contribution in [0.2, 0.25) is 0 Å². The molecule has 2 saturated heterocycles. The fourth-order valence-corrected chi connectivity index (χ4v) is 4.74. The van der Waals surface area contributed by atoms with E-state index >= 15 is 0 Å². The number of aliphatic hydroxyl groups is 2. The van der Waals surface area contributed by atoms with E-state index < -0.39 is 5.60 Å². The van der Waals surface area contributed by atoms with Gasteiger partial charge in [0.25, 0.3) is 0 Å². The molecule has 0 spiro atoms. The zero-order valence-electron chi connectivity index (χ0n) is 16.1. The third-order valence-corrected chi connectivity index (χ3v) is 6.44. The number of amides is 2. The van der Waals surface area contributed by atoms with Crippen LogP contribution in [-0.4, -0.2) is 63.3 Å². The Kier molecular flexibility index (Phi) is 5.82. The smallest absolute Gasteiger partial charge is 0.321 e. The molecule has 7 nitrogen and oxygen atoms in total. The Balaban J connectivity index is 1.32. The Morgan fingerprint density at radius 2 is 2.00 bits per heavy atom. The number of β-amino-alcohol motifs (C(OH)–C–C–N with tert-alkyl or cyclic N) is 1. The fourth-order valence-electron chi connectivity index (χ4n) is 3.82. The lowest BCUT2D eigenvalue weighted by atomic mass is 9.89. The van der Waals surface area contributed by atoms with Crippen LogP contribution in [0.25, 0.3) is 0 Å². The van der Waals surface area contributed by atoms with Crippen molar-refractivity contribution in [1.29, 1.82) is 0 Å². The van der Waals surface area contributed by atoms with Crippen LogP contribution in [-0.2, 0) is 12.1 Å². The van der Waals surface area contributed by atoms with Crippen LogP contribution < -0.4 is 5.32 Å². The maximum absolute atomic E-state index is 13.0. The molecule has 9 heteroatoms. The van der Waals surface area contributed by atoms with E-state index in [9.17, 15) is 19.4 Å². The number of thiazole rings is 1. The van der Waals surface area contributed by atoms with Gasteiger partial charge in [0.15, 0.2) is 0 Å². The Labute approximate surface area is 172 Å². The van der Waals surface area contributed by atoms with Gasteiger partial charge in [-0.2, -0.15) is 0 Å². The number of hydrogen-bond acceptors (Lipinski definition) is 6. The lowest BCUT2D eigenvalue weighted by Crippen LogP contribution is -2.46. The summed E-state index contributed by atoms with van der Waals surface area (Å²) in [5, 5.41) is 26.3. The number of benzene rings is 1. The van der Waals surface area contributed by atoms with Gasteiger partial charge in [-0.3, -0.25) is 4.90 Å². The molecule has 2 fully saturated rings. The van der Waals surface area contributed by atoms with E-state index in [0.29, 0.717) is 50.4 Å². The highest BCUT2D eigenvalue weighted by molar-refractivity contribution is 7.09. The van der Waals surface area contributed by atoms with E-state index in [-0.39, 0.29) is 18.0 Å². The largest absolute Gasteiger partial charge is 0.392 e. The standard InChI is InChI=1S/C20H25FN4O3S/c21-14-1-3-15(4-2-14)22-19(27)25-9-6-20(28,7-10-25)17-13-29-18(23-17)12-24-8-5-16(26)11-24/h1-4,13,16,26,28H,5-12H2,(H,22,27)/t16-/m1/s1. The molecule has 2 aliphatic rings. The summed E-state index contributed by atoms with van der Waals surface area (Å²) in [6.45, 7) is 3.03. The summed E-state index contributed by atoms with van der Waals surface area (Å²) in [7, 11) is 0. The van der Waals surface area contributed by atoms with E-state index in [4.69, 9.17) is 0 Å². The van der Waals surface area contributed by atoms with Crippen molar-refractivity contribution in [2.24, 2.45) is 0 Å². The van der Waals surface area contributed by atoms with Crippen LogP contribution in [0.15, 0.2) is 29.6 Å². The van der Waals surface area contributed by atoms with E-state index in [0.717, 1.165) is 18.0 Å². The van der Waals surface area contributed by atoms with Gasteiger partial charge in [-0.15, -0.1) is 11.3 Å². The number of aromatic nitrogens is 1. The van der Waals surface area contributed by atoms with Gasteiger partial charge < -0.3 is 20.4 Å². The number of carbonyl (C=O) groups excluding carboxylic acids is 1. The summed E-state index contributed by atoms with van der Waals surface area (Å²) < 4.78 is 13.0. The Bertz CT molecular complexity index is 852. The highest BCUT2D eigenvalue weighted by atomic mass is 32.1. The van der Waals surface area contributed by atoms with Crippen molar-refractivity contribution in [3.63, 3.8) is 0 Å². The Morgan fingerprint density at radius 3 is 2.66 bits per heavy atom. The molecule has 4 rings (SSSR count). The van der Waals surface area contributed by atoms with Crippen molar-refractivity contribution >= 4 is 23.1 Å². The average molecular weight is 421 g/mol. The number of hydrogen-bond donors (Lipinski definition) is 3. The molecule has 3 heterocycles. The summed E-state index contributed by atoms with van der Waals surface area (Å²) in [6.07, 6.45) is 1.35. The first-order valence-corrected chi connectivity index (χ1v) is 10.7. The maximum Gasteiger partial charge on any atom is 0.321 e. The third-order valence-electron chi connectivity index (χ3n) is 5.61. The normalized spacial score (nSPS) is 22.0. The number of halogens is 1. The predicted molar refractivity (Wildman–Crippen MR) is 108 cm³/mol. The molecule has 3 N–H and O–H groups in total. The molecule has 29 heavy (non-hydrogen) atoms. The zero-order valence-corrected chi connectivity index (χ0v) is 16.9. The van der Waals surface area contributed by atoms with Gasteiger partial charge >= 0.3 is 6.03 Å². The first kappa shape index (κ1) is 20.2. The Morgan fingerprint density at radius 1 is 1.28 bits per heavy atom. The highest BCUT2D eigenvalue weighted by Crippen LogP contribution is 2.34. The molecule has 0 bridgehead atoms. The SMILES string of the molecule is O=C(Nc1ccc(F)cc1)N1CCC(O)(c2csc(CN3CC[C@@H](O)C3)n2)CC1. The number of aliphatic hydroxyl groups excluding tert-OH is 1. The molecule has 1 aromatic carbocycles. The van der Waals surface area contributed by atoms with Crippen LogP contribution in [0.5, 0.6) is 0 Å². The molecule has 2 amide bonds. The van der Waals surface area contributed by atoms with E-state index in [1.165, 1.54) is 35.6 Å². The summed E-state index contributed by atoms with van der Waals surface area (Å²) >= 11 is 1.52. The van der Waals surface area contributed by atoms with Gasteiger partial charge in [0.2, 0.25) is 0 Å². The molecular weight excluding hydrogens is 395 g/mol. The molecular formula is C20H25FN4O3S. The summed E-state index contributed by atoms with van der Waals surface area (Å²) in [6, 6.07) is 5.37. The van der Waals surface area contributed by atoms with Gasteiger partial charge in [-0.05, 0) is 43.5 Å². The van der Waals surface area contributed by atoms with E-state index in [1.807, 2.05) is 5.38 Å². The van der Waals surface area contributed by atoms with Crippen LogP contribution >= 0.6 is 11.3 Å². The molecule has 1 atom stereocenters. The zero-order chi connectivity index (χ0) is 20.4. The van der Waals surface area contributed by atoms with Crippen molar-refractivity contribution in [3.05, 3.63) is 46.2 Å². The van der Waals surface area contributed by atoms with Crippen molar-refractivity contribution < 1.29 is 19.4 Å². The summed E-state index contributed by atoms with van der Waals surface area (Å²) in [5.41, 5.74) is 0.163. The van der Waals surface area contributed by atoms with Crippen molar-refractivity contribution in [2.75, 3.05) is 31.5 Å². The van der Waals surface area contributed by atoms with Crippen molar-refractivity contribution in [1.82, 2.24) is 14.8 Å². The van der Waals surface area contributed by atoms with E-state index in [2.05, 4.69) is 15.2 Å². The molecule has 0 aliphatic carbocycles. The van der Waals surface area contributed by atoms with Crippen molar-refractivity contribution in [3.8, 4) is 0 Å². The quantitative estimate of drug-likeness (QED) is 0.707. The molecule has 2 aromatic rings. The number of piperidine rings is 1. The number of carbonyl (C=O) groups is 1. The van der Waals surface area contributed by atoms with Gasteiger partial charge in [-0.25, -0.2) is 14.2 Å². The Hall–Kier alpha value is -2.07. The van der Waals surface area contributed by atoms with Gasteiger partial charge in [0.05, 0.1) is 18.3 Å². The predicted octanol–water partition coefficient (Wildman–Crippen LogP) is 2.36. The number of rotatable bonds is 4. The topological polar surface area (TPSA) is 88.9 Å².